The molecule has 2 atom stereocenters. The molecule has 11 nitrogen and oxygen atoms in total. The summed E-state index contributed by atoms with van der Waals surface area (Å²) in [5.74, 6) is -3.01. The van der Waals surface area contributed by atoms with Crippen LogP contribution >= 0.6 is 0 Å². The maximum atomic E-state index is 17.7. The molecule has 0 aliphatic carbocycles. The van der Waals surface area contributed by atoms with Gasteiger partial charge in [-0.25, -0.2) is 13.6 Å². The zero-order valence-corrected chi connectivity index (χ0v) is 27.9. The molecule has 2 amide bonds. The number of hydrogen-bond donors (Lipinski definition) is 2. The lowest BCUT2D eigenvalue weighted by atomic mass is 9.93. The van der Waals surface area contributed by atoms with Crippen molar-refractivity contribution >= 4 is 45.1 Å². The fraction of sp³-hybridized carbons (Fsp3) is 0.306. The lowest BCUT2D eigenvalue weighted by Gasteiger charge is -2.48. The number of aryl methyl sites for hydroxylation is 3. The monoisotopic (exact) mass is 667 g/mol. The molecule has 5 aromatic rings. The number of pyridine rings is 2. The maximum absolute atomic E-state index is 17.7. The predicted octanol–water partition coefficient (Wildman–Crippen LogP) is 4.79. The molecule has 0 bridgehead atoms. The van der Waals surface area contributed by atoms with Crippen molar-refractivity contribution in [2.75, 3.05) is 23.3 Å². The molecular weight excluding hydrogens is 632 g/mol. The van der Waals surface area contributed by atoms with Crippen LogP contribution < -0.4 is 21.5 Å². The number of halogens is 2. The van der Waals surface area contributed by atoms with Gasteiger partial charge >= 0.3 is 5.69 Å². The van der Waals surface area contributed by atoms with Gasteiger partial charge in [0, 0.05) is 36.8 Å². The number of anilines is 2. The van der Waals surface area contributed by atoms with Crippen molar-refractivity contribution in [1.82, 2.24) is 24.0 Å². The van der Waals surface area contributed by atoms with Crippen molar-refractivity contribution in [3.05, 3.63) is 92.4 Å². The van der Waals surface area contributed by atoms with Gasteiger partial charge in [-0.1, -0.05) is 26.5 Å². The quantitative estimate of drug-likeness (QED) is 0.266. The first-order valence-electron chi connectivity index (χ1n) is 16.0. The Labute approximate surface area is 279 Å². The second kappa shape index (κ2) is 11.2. The lowest BCUT2D eigenvalue weighted by Crippen LogP contribution is -2.64. The third-order valence-corrected chi connectivity index (χ3v) is 9.80. The number of carbonyl (C=O) groups excluding carboxylic acids is 2. The molecule has 1 fully saturated rings. The Bertz CT molecular complexity index is 2410. The Morgan fingerprint density at radius 2 is 1.78 bits per heavy atom. The summed E-state index contributed by atoms with van der Waals surface area (Å²) >= 11 is 0. The van der Waals surface area contributed by atoms with Gasteiger partial charge in [-0.3, -0.25) is 28.5 Å². The molecule has 1 saturated heterocycles. The van der Waals surface area contributed by atoms with Crippen LogP contribution in [0, 0.1) is 25.5 Å². The zero-order valence-electron chi connectivity index (χ0n) is 27.9. The van der Waals surface area contributed by atoms with Crippen LogP contribution in [0.15, 0.2) is 52.7 Å². The van der Waals surface area contributed by atoms with E-state index in [0.717, 1.165) is 0 Å². The molecule has 2 N–H and O–H groups in total. The van der Waals surface area contributed by atoms with Crippen LogP contribution in [0.1, 0.15) is 43.5 Å². The summed E-state index contributed by atoms with van der Waals surface area (Å²) in [6.45, 7) is 12.7. The van der Waals surface area contributed by atoms with Gasteiger partial charge in [0.25, 0.3) is 5.56 Å². The van der Waals surface area contributed by atoms with Crippen LogP contribution in [-0.2, 0) is 16.6 Å². The lowest BCUT2D eigenvalue weighted by molar-refractivity contribution is -0.130. The van der Waals surface area contributed by atoms with Crippen molar-refractivity contribution in [3.8, 4) is 16.8 Å². The minimum absolute atomic E-state index is 0.0210. The summed E-state index contributed by atoms with van der Waals surface area (Å²) < 4.78 is 37.0. The summed E-state index contributed by atoms with van der Waals surface area (Å²) in [4.78, 5) is 64.3. The minimum Gasteiger partial charge on any atom is -0.354 e. The third kappa shape index (κ3) is 4.55. The number of aromatic nitrogens is 4. The molecule has 2 aliphatic heterocycles. The van der Waals surface area contributed by atoms with E-state index < -0.39 is 46.4 Å². The van der Waals surface area contributed by atoms with Crippen LogP contribution in [0.2, 0.25) is 0 Å². The number of rotatable bonds is 4. The van der Waals surface area contributed by atoms with Crippen LogP contribution in [0.25, 0.3) is 38.8 Å². The average Bonchev–Trinajstić information content (AvgIpc) is 3.34. The Hall–Kier alpha value is -5.59. The Morgan fingerprint density at radius 3 is 2.47 bits per heavy atom. The van der Waals surface area contributed by atoms with E-state index in [9.17, 15) is 19.2 Å². The number of H-pyrrole nitrogens is 1. The molecule has 7 rings (SSSR count). The van der Waals surface area contributed by atoms with Gasteiger partial charge in [-0.15, -0.1) is 0 Å². The molecule has 0 saturated carbocycles. The van der Waals surface area contributed by atoms with Crippen LogP contribution in [0.4, 0.5) is 20.2 Å². The van der Waals surface area contributed by atoms with E-state index in [4.69, 9.17) is 0 Å². The first-order valence-corrected chi connectivity index (χ1v) is 16.0. The van der Waals surface area contributed by atoms with Gasteiger partial charge < -0.3 is 20.1 Å². The molecule has 2 aromatic carbocycles. The van der Waals surface area contributed by atoms with E-state index in [1.165, 1.54) is 33.2 Å². The van der Waals surface area contributed by atoms with Crippen LogP contribution in [0.5, 0.6) is 0 Å². The van der Waals surface area contributed by atoms with E-state index in [0.29, 0.717) is 33.5 Å². The summed E-state index contributed by atoms with van der Waals surface area (Å²) in [7, 11) is 1.52. The SMILES string of the molecule is C=CC(=O)N1CC2C(=O)Nc3c(c4cc(F)c(-c5c(C)ccc6[nH]c(=O)n(C)c56)c(F)c4n(-c4c(C)ccnc4C(C)C)c3=O)N2CC1C. The van der Waals surface area contributed by atoms with Crippen molar-refractivity contribution < 1.29 is 18.4 Å². The number of nitrogens with one attached hydrogen (secondary N) is 2. The number of imidazole rings is 1. The normalized spacial score (nSPS) is 17.4. The Kier molecular flexibility index (Phi) is 7.34. The van der Waals surface area contributed by atoms with E-state index in [1.54, 1.807) is 50.1 Å². The van der Waals surface area contributed by atoms with Gasteiger partial charge in [-0.05, 0) is 62.1 Å². The summed E-state index contributed by atoms with van der Waals surface area (Å²) in [5.41, 5.74) is 1.07. The summed E-state index contributed by atoms with van der Waals surface area (Å²) in [5, 5.41) is 2.79. The number of hydrogen-bond acceptors (Lipinski definition) is 6. The van der Waals surface area contributed by atoms with Crippen molar-refractivity contribution in [3.63, 3.8) is 0 Å². The molecule has 3 aromatic heterocycles. The maximum Gasteiger partial charge on any atom is 0.326 e. The third-order valence-electron chi connectivity index (χ3n) is 9.80. The molecular formula is C36H35F2N7O4. The van der Waals surface area contributed by atoms with Crippen molar-refractivity contribution in [2.45, 2.75) is 52.6 Å². The van der Waals surface area contributed by atoms with Crippen LogP contribution in [-0.4, -0.2) is 61.0 Å². The number of carbonyl (C=O) groups is 2. The van der Waals surface area contributed by atoms with Gasteiger partial charge in [0.15, 0.2) is 5.82 Å². The molecule has 252 valence electrons. The van der Waals surface area contributed by atoms with Crippen LogP contribution in [0.3, 0.4) is 0 Å². The largest absolute Gasteiger partial charge is 0.354 e. The topological polar surface area (TPSA) is 125 Å². The Balaban J connectivity index is 1.65. The highest BCUT2D eigenvalue weighted by Crippen LogP contribution is 2.45. The minimum atomic E-state index is -1.01. The molecule has 13 heteroatoms. The number of benzene rings is 2. The highest BCUT2D eigenvalue weighted by atomic mass is 19.1. The highest BCUT2D eigenvalue weighted by molar-refractivity contribution is 6.12. The molecule has 0 radical (unpaired) electrons. The second-order valence-corrected chi connectivity index (χ2v) is 13.2. The first-order chi connectivity index (χ1) is 23.3. The highest BCUT2D eigenvalue weighted by Gasteiger charge is 2.44. The summed E-state index contributed by atoms with van der Waals surface area (Å²) in [6, 6.07) is 4.88. The van der Waals surface area contributed by atoms with Gasteiger partial charge in [0.2, 0.25) is 11.8 Å². The first kappa shape index (κ1) is 32.0. The predicted molar refractivity (Wildman–Crippen MR) is 184 cm³/mol. The number of nitrogens with zero attached hydrogens (tertiary/aromatic N) is 5. The van der Waals surface area contributed by atoms with Crippen molar-refractivity contribution in [1.29, 1.82) is 0 Å². The smallest absolute Gasteiger partial charge is 0.326 e. The van der Waals surface area contributed by atoms with E-state index in [-0.39, 0.29) is 52.8 Å². The number of piperazine rings is 1. The number of aromatic amines is 1. The van der Waals surface area contributed by atoms with Gasteiger partial charge in [0.1, 0.15) is 17.5 Å². The summed E-state index contributed by atoms with van der Waals surface area (Å²) in [6.07, 6.45) is 2.78. The van der Waals surface area contributed by atoms with Gasteiger partial charge in [0.05, 0.1) is 45.7 Å². The zero-order chi connectivity index (χ0) is 35.2. The fourth-order valence-corrected chi connectivity index (χ4v) is 7.43. The molecule has 0 spiro atoms. The van der Waals surface area contributed by atoms with Crippen molar-refractivity contribution in [2.24, 2.45) is 7.05 Å². The molecule has 5 heterocycles. The number of amides is 2. The van der Waals surface area contributed by atoms with E-state index in [1.807, 2.05) is 13.8 Å². The Morgan fingerprint density at radius 1 is 1.04 bits per heavy atom. The molecule has 49 heavy (non-hydrogen) atoms. The second-order valence-electron chi connectivity index (χ2n) is 13.2. The van der Waals surface area contributed by atoms with Gasteiger partial charge in [-0.2, -0.15) is 0 Å². The van der Waals surface area contributed by atoms with E-state index >= 15 is 8.78 Å². The standard InChI is InChI=1S/C36H35F2N7O4/c1-8-24(46)43-15-23-34(47)41-29-32(44(23)14-19(43)6)20-13-21(37)26(25-17(4)9-10-22-33(25)42(7)36(49)40-22)27(38)31(20)45(35(29)48)30-18(5)11-12-39-28(30)16(2)3/h8-13,16,19,23H,1,14-15H2,2-7H3,(H,40,49)(H,41,47). The molecule has 2 aliphatic rings. The fourth-order valence-electron chi connectivity index (χ4n) is 7.43. The molecule has 2 unspecified atom stereocenters. The van der Waals surface area contributed by atoms with E-state index in [2.05, 4.69) is 21.9 Å². The average molecular weight is 668 g/mol. The number of fused-ring (bicyclic) bond motifs is 6.